The monoisotopic (exact) mass is 337 g/mol. The van der Waals surface area contributed by atoms with Gasteiger partial charge in [-0.3, -0.25) is 13.9 Å². The summed E-state index contributed by atoms with van der Waals surface area (Å²) in [5.74, 6) is 0. The quantitative estimate of drug-likeness (QED) is 0.592. The van der Waals surface area contributed by atoms with Gasteiger partial charge in [0.25, 0.3) is 5.56 Å². The van der Waals surface area contributed by atoms with Gasteiger partial charge in [0.1, 0.15) is 0 Å². The summed E-state index contributed by atoms with van der Waals surface area (Å²) in [6.07, 6.45) is -4.76. The summed E-state index contributed by atoms with van der Waals surface area (Å²) in [4.78, 5) is 28.6. The summed E-state index contributed by atoms with van der Waals surface area (Å²) in [5, 5.41) is -0.729. The minimum Gasteiger partial charge on any atom is -0.280 e. The third kappa shape index (κ3) is 2.13. The van der Waals surface area contributed by atoms with Crippen molar-refractivity contribution in [1.29, 1.82) is 0 Å². The fraction of sp³-hybridized carbons (Fsp3) is 0.312. The predicted molar refractivity (Wildman–Crippen MR) is 84.2 cm³/mol. The van der Waals surface area contributed by atoms with E-state index >= 15 is 0 Å². The predicted octanol–water partition coefficient (Wildman–Crippen LogP) is 2.42. The second-order valence-corrected chi connectivity index (χ2v) is 5.87. The summed E-state index contributed by atoms with van der Waals surface area (Å²) in [7, 11) is 2.45. The maximum absolute atomic E-state index is 13.8. The van der Waals surface area contributed by atoms with Gasteiger partial charge in [-0.25, -0.2) is 9.78 Å². The van der Waals surface area contributed by atoms with Gasteiger partial charge < -0.3 is 0 Å². The molecule has 8 heteroatoms. The molecule has 126 valence electrons. The van der Waals surface area contributed by atoms with Crippen LogP contribution in [0.4, 0.5) is 13.2 Å². The number of rotatable bonds is 0. The summed E-state index contributed by atoms with van der Waals surface area (Å²) in [5.41, 5.74) is -1.74. The molecule has 1 aromatic carbocycles. The van der Waals surface area contributed by atoms with Crippen LogP contribution >= 0.6 is 0 Å². The van der Waals surface area contributed by atoms with Crippen LogP contribution in [-0.2, 0) is 20.3 Å². The molecule has 0 radical (unpaired) electrons. The van der Waals surface area contributed by atoms with Gasteiger partial charge in [-0.05, 0) is 25.5 Å². The van der Waals surface area contributed by atoms with Crippen LogP contribution in [0.2, 0.25) is 0 Å². The Balaban J connectivity index is 2.81. The number of halogens is 3. The molecule has 2 aromatic heterocycles. The zero-order valence-corrected chi connectivity index (χ0v) is 13.4. The van der Waals surface area contributed by atoms with Crippen molar-refractivity contribution in [3.8, 4) is 0 Å². The molecule has 0 amide bonds. The molecule has 0 atom stereocenters. The second-order valence-electron chi connectivity index (χ2n) is 5.87. The number of alkyl halides is 3. The van der Waals surface area contributed by atoms with E-state index in [0.29, 0.717) is 15.7 Å². The van der Waals surface area contributed by atoms with E-state index in [1.54, 1.807) is 19.9 Å². The Hall–Kier alpha value is -2.64. The topological polar surface area (TPSA) is 56.9 Å². The lowest BCUT2D eigenvalue weighted by Crippen LogP contribution is -2.38. The molecule has 0 aliphatic rings. The molecule has 0 unspecified atom stereocenters. The Morgan fingerprint density at radius 2 is 1.67 bits per heavy atom. The van der Waals surface area contributed by atoms with Crippen molar-refractivity contribution in [3.63, 3.8) is 0 Å². The van der Waals surface area contributed by atoms with Crippen LogP contribution in [0, 0.1) is 13.8 Å². The van der Waals surface area contributed by atoms with Crippen molar-refractivity contribution in [3.05, 3.63) is 49.7 Å². The minimum absolute atomic E-state index is 0.128. The van der Waals surface area contributed by atoms with Crippen LogP contribution in [0.1, 0.15) is 16.7 Å². The zero-order chi connectivity index (χ0) is 18.0. The second kappa shape index (κ2) is 4.93. The van der Waals surface area contributed by atoms with Crippen LogP contribution in [0.5, 0.6) is 0 Å². The third-order valence-corrected chi connectivity index (χ3v) is 4.10. The first-order valence-electron chi connectivity index (χ1n) is 7.12. The van der Waals surface area contributed by atoms with Crippen molar-refractivity contribution in [2.24, 2.45) is 14.1 Å². The van der Waals surface area contributed by atoms with E-state index in [1.807, 2.05) is 0 Å². The van der Waals surface area contributed by atoms with Gasteiger partial charge in [0, 0.05) is 19.5 Å². The number of pyridine rings is 1. The molecule has 3 aromatic rings. The SMILES string of the molecule is Cc1cc(C)c2nc3c(c(C(F)(F)F)c2c1)c(=O)n(C)c(=O)n3C. The van der Waals surface area contributed by atoms with Crippen molar-refractivity contribution in [1.82, 2.24) is 14.1 Å². The molecule has 0 aliphatic carbocycles. The molecular formula is C16H14F3N3O2. The molecule has 3 rings (SSSR count). The van der Waals surface area contributed by atoms with Crippen LogP contribution in [-0.4, -0.2) is 14.1 Å². The highest BCUT2D eigenvalue weighted by Gasteiger charge is 2.37. The highest BCUT2D eigenvalue weighted by atomic mass is 19.4. The third-order valence-electron chi connectivity index (χ3n) is 4.10. The van der Waals surface area contributed by atoms with E-state index in [4.69, 9.17) is 0 Å². The highest BCUT2D eigenvalue weighted by Crippen LogP contribution is 2.38. The molecule has 0 saturated heterocycles. The summed E-state index contributed by atoms with van der Waals surface area (Å²) in [6, 6.07) is 3.07. The fourth-order valence-electron chi connectivity index (χ4n) is 3.02. The maximum atomic E-state index is 13.8. The number of aromatic nitrogens is 3. The molecule has 0 spiro atoms. The largest absolute Gasteiger partial charge is 0.417 e. The Kier molecular flexibility index (Phi) is 3.33. The molecule has 0 saturated carbocycles. The summed E-state index contributed by atoms with van der Waals surface area (Å²) in [6.45, 7) is 3.32. The van der Waals surface area contributed by atoms with Crippen LogP contribution < -0.4 is 11.2 Å². The zero-order valence-electron chi connectivity index (χ0n) is 13.4. The first kappa shape index (κ1) is 16.2. The number of aryl methyl sites for hydroxylation is 3. The Morgan fingerprint density at radius 1 is 1.04 bits per heavy atom. The smallest absolute Gasteiger partial charge is 0.280 e. The van der Waals surface area contributed by atoms with Gasteiger partial charge in [-0.1, -0.05) is 11.6 Å². The highest BCUT2D eigenvalue weighted by molar-refractivity contribution is 5.98. The normalized spacial score (nSPS) is 12.3. The van der Waals surface area contributed by atoms with Gasteiger partial charge >= 0.3 is 11.9 Å². The Morgan fingerprint density at radius 3 is 2.25 bits per heavy atom. The molecule has 0 aliphatic heterocycles. The fourth-order valence-corrected chi connectivity index (χ4v) is 3.02. The van der Waals surface area contributed by atoms with Crippen molar-refractivity contribution in [2.75, 3.05) is 0 Å². The van der Waals surface area contributed by atoms with Crippen molar-refractivity contribution < 1.29 is 13.2 Å². The molecule has 2 heterocycles. The average Bonchev–Trinajstić information content (AvgIpc) is 2.48. The van der Waals surface area contributed by atoms with E-state index in [-0.39, 0.29) is 16.6 Å². The van der Waals surface area contributed by atoms with Crippen LogP contribution in [0.25, 0.3) is 21.9 Å². The van der Waals surface area contributed by atoms with Gasteiger partial charge in [0.15, 0.2) is 5.65 Å². The average molecular weight is 337 g/mol. The molecule has 0 bridgehead atoms. The molecule has 0 N–H and O–H groups in total. The first-order valence-corrected chi connectivity index (χ1v) is 7.12. The first-order chi connectivity index (χ1) is 11.0. The molecule has 0 fully saturated rings. The lowest BCUT2D eigenvalue weighted by atomic mass is 10.00. The number of benzene rings is 1. The Bertz CT molecular complexity index is 1120. The van der Waals surface area contributed by atoms with E-state index in [2.05, 4.69) is 4.98 Å². The van der Waals surface area contributed by atoms with Crippen LogP contribution in [0.15, 0.2) is 21.7 Å². The molecular weight excluding hydrogens is 323 g/mol. The van der Waals surface area contributed by atoms with Crippen LogP contribution in [0.3, 0.4) is 0 Å². The summed E-state index contributed by atoms with van der Waals surface area (Å²) < 4.78 is 43.0. The van der Waals surface area contributed by atoms with Gasteiger partial charge in [0.2, 0.25) is 0 Å². The molecule has 5 nitrogen and oxygen atoms in total. The number of fused-ring (bicyclic) bond motifs is 2. The van der Waals surface area contributed by atoms with E-state index in [9.17, 15) is 22.8 Å². The summed E-state index contributed by atoms with van der Waals surface area (Å²) >= 11 is 0. The lowest BCUT2D eigenvalue weighted by Gasteiger charge is -2.17. The Labute approximate surface area is 134 Å². The minimum atomic E-state index is -4.76. The number of hydrogen-bond acceptors (Lipinski definition) is 3. The van der Waals surface area contributed by atoms with E-state index < -0.39 is 28.4 Å². The van der Waals surface area contributed by atoms with E-state index in [0.717, 1.165) is 11.6 Å². The maximum Gasteiger partial charge on any atom is 0.417 e. The van der Waals surface area contributed by atoms with E-state index in [1.165, 1.54) is 13.1 Å². The van der Waals surface area contributed by atoms with Gasteiger partial charge in [-0.15, -0.1) is 0 Å². The van der Waals surface area contributed by atoms with Gasteiger partial charge in [0.05, 0.1) is 16.5 Å². The number of hydrogen-bond donors (Lipinski definition) is 0. The molecule has 24 heavy (non-hydrogen) atoms. The standard InChI is InChI=1S/C16H14F3N3O2/c1-7-5-8(2)12-9(6-7)11(16(17,18)19)10-13(20-12)21(3)15(24)22(4)14(10)23/h5-6H,1-4H3. The lowest BCUT2D eigenvalue weighted by molar-refractivity contribution is -0.135. The van der Waals surface area contributed by atoms with Crippen molar-refractivity contribution in [2.45, 2.75) is 20.0 Å². The van der Waals surface area contributed by atoms with Gasteiger partial charge in [-0.2, -0.15) is 13.2 Å². The number of nitrogens with zero attached hydrogens (tertiary/aromatic N) is 3. The van der Waals surface area contributed by atoms with Crippen molar-refractivity contribution >= 4 is 21.9 Å².